The maximum Gasteiger partial charge on any atom is 0.405 e. The first kappa shape index (κ1) is 19.5. The molecule has 1 aliphatic rings. The maximum atomic E-state index is 13.6. The number of carbonyl (C=O) groups excluding carboxylic acids is 1. The Morgan fingerprint density at radius 2 is 1.93 bits per heavy atom. The van der Waals surface area contributed by atoms with Crippen molar-refractivity contribution >= 4 is 26.9 Å². The van der Waals surface area contributed by atoms with Crippen molar-refractivity contribution < 1.29 is 40.8 Å². The number of halogens is 2. The first-order chi connectivity index (χ1) is 12.6. The van der Waals surface area contributed by atoms with Gasteiger partial charge in [0.1, 0.15) is 18.5 Å². The Hall–Kier alpha value is -2.30. The summed E-state index contributed by atoms with van der Waals surface area (Å²) in [5.74, 6) is -0.673. The van der Waals surface area contributed by atoms with Crippen LogP contribution in [0.15, 0.2) is 36.4 Å². The molecule has 1 N–H and O–H groups in total. The molecule has 2 unspecified atom stereocenters. The normalized spacial score (nSPS) is 18.1. The summed E-state index contributed by atoms with van der Waals surface area (Å²) < 4.78 is 72.7. The molecule has 2 atom stereocenters. The van der Waals surface area contributed by atoms with Crippen LogP contribution in [-0.4, -0.2) is 49.6 Å². The predicted octanol–water partition coefficient (Wildman–Crippen LogP) is 2.64. The second-order valence-electron chi connectivity index (χ2n) is 6.01. The monoisotopic (exact) mass is 402 g/mol. The first-order valence-electron chi connectivity index (χ1n) is 7.93. The maximum absolute atomic E-state index is 13.6. The van der Waals surface area contributed by atoms with Crippen molar-refractivity contribution in [1.82, 2.24) is 0 Å². The van der Waals surface area contributed by atoms with Crippen LogP contribution in [0, 0.1) is 0 Å². The summed E-state index contributed by atoms with van der Waals surface area (Å²) in [5.41, 5.74) is -0.0430. The van der Waals surface area contributed by atoms with Gasteiger partial charge in [0.05, 0.1) is 12.2 Å². The highest BCUT2D eigenvalue weighted by Crippen LogP contribution is 2.31. The number of benzene rings is 2. The summed E-state index contributed by atoms with van der Waals surface area (Å²) in [6.45, 7) is 1.63. The van der Waals surface area contributed by atoms with Crippen molar-refractivity contribution in [2.75, 3.05) is 13.2 Å². The standard InChI is InChI=1S/C17H16F2O7S/c1-10(17(18,19)27(21,22)23)26-16(20)14-6-2-5-13-12(14)4-3-7-15(13)25-9-11-8-24-11/h2-7,10-11H,8-9H2,1H3,(H,21,22,23). The predicted molar refractivity (Wildman–Crippen MR) is 90.6 cm³/mol. The van der Waals surface area contributed by atoms with Gasteiger partial charge in [-0.25, -0.2) is 4.79 Å². The summed E-state index contributed by atoms with van der Waals surface area (Å²) in [7, 11) is -5.73. The molecule has 2 aromatic carbocycles. The van der Waals surface area contributed by atoms with Crippen molar-refractivity contribution in [3.8, 4) is 5.75 Å². The van der Waals surface area contributed by atoms with Gasteiger partial charge in [0.25, 0.3) is 0 Å². The highest BCUT2D eigenvalue weighted by atomic mass is 32.2. The molecule has 1 fully saturated rings. The topological polar surface area (TPSA) is 102 Å². The van der Waals surface area contributed by atoms with E-state index in [1.165, 1.54) is 12.1 Å². The van der Waals surface area contributed by atoms with Gasteiger partial charge in [-0.3, -0.25) is 4.55 Å². The second kappa shape index (κ2) is 7.02. The number of rotatable bonds is 7. The molecule has 146 valence electrons. The smallest absolute Gasteiger partial charge is 0.405 e. The Labute approximate surface area is 153 Å². The fourth-order valence-corrected chi connectivity index (χ4v) is 2.90. The van der Waals surface area contributed by atoms with Crippen molar-refractivity contribution in [3.63, 3.8) is 0 Å². The molecule has 10 heteroatoms. The largest absolute Gasteiger partial charge is 0.490 e. The summed E-state index contributed by atoms with van der Waals surface area (Å²) in [6, 6.07) is 9.46. The number of alkyl halides is 2. The molecule has 3 rings (SSSR count). The van der Waals surface area contributed by atoms with Crippen molar-refractivity contribution in [2.45, 2.75) is 24.4 Å². The third-order valence-corrected chi connectivity index (χ3v) is 5.05. The summed E-state index contributed by atoms with van der Waals surface area (Å²) in [6.07, 6.45) is -2.36. The number of hydrogen-bond donors (Lipinski definition) is 1. The molecule has 1 saturated heterocycles. The average molecular weight is 402 g/mol. The van der Waals surface area contributed by atoms with E-state index in [0.717, 1.165) is 0 Å². The van der Waals surface area contributed by atoms with Crippen LogP contribution in [0.4, 0.5) is 8.78 Å². The molecular formula is C17H16F2O7S. The van der Waals surface area contributed by atoms with Crippen molar-refractivity contribution in [3.05, 3.63) is 42.0 Å². The van der Waals surface area contributed by atoms with Crippen LogP contribution < -0.4 is 4.74 Å². The zero-order valence-corrected chi connectivity index (χ0v) is 14.9. The molecule has 7 nitrogen and oxygen atoms in total. The van der Waals surface area contributed by atoms with Crippen LogP contribution in [0.5, 0.6) is 5.75 Å². The second-order valence-corrected chi connectivity index (χ2v) is 7.50. The Morgan fingerprint density at radius 1 is 1.30 bits per heavy atom. The van der Waals surface area contributed by atoms with E-state index in [1.54, 1.807) is 24.3 Å². The van der Waals surface area contributed by atoms with E-state index in [0.29, 0.717) is 36.7 Å². The van der Waals surface area contributed by atoms with Gasteiger partial charge in [-0.15, -0.1) is 0 Å². The van der Waals surface area contributed by atoms with Gasteiger partial charge in [-0.2, -0.15) is 17.2 Å². The average Bonchev–Trinajstić information content (AvgIpc) is 3.42. The van der Waals surface area contributed by atoms with Gasteiger partial charge in [-0.1, -0.05) is 24.3 Å². The number of hydrogen-bond acceptors (Lipinski definition) is 6. The summed E-state index contributed by atoms with van der Waals surface area (Å²) >= 11 is 0. The van der Waals surface area contributed by atoms with Crippen LogP contribution in [0.3, 0.4) is 0 Å². The van der Waals surface area contributed by atoms with E-state index in [9.17, 15) is 22.0 Å². The number of epoxide rings is 1. The van der Waals surface area contributed by atoms with Crippen LogP contribution >= 0.6 is 0 Å². The van der Waals surface area contributed by atoms with E-state index < -0.39 is 27.4 Å². The molecule has 0 amide bonds. The van der Waals surface area contributed by atoms with E-state index in [2.05, 4.69) is 4.74 Å². The minimum absolute atomic E-state index is 0.0249. The fraction of sp³-hybridized carbons (Fsp3) is 0.353. The van der Waals surface area contributed by atoms with Crippen molar-refractivity contribution in [1.29, 1.82) is 0 Å². The molecule has 1 heterocycles. The molecule has 0 aromatic heterocycles. The molecule has 0 saturated carbocycles. The minimum atomic E-state index is -5.73. The van der Waals surface area contributed by atoms with E-state index in [1.807, 2.05) is 0 Å². The molecular weight excluding hydrogens is 386 g/mol. The zero-order chi connectivity index (χ0) is 19.8. The van der Waals surface area contributed by atoms with Gasteiger partial charge in [-0.05, 0) is 24.4 Å². The number of ether oxygens (including phenoxy) is 3. The van der Waals surface area contributed by atoms with Gasteiger partial charge in [0.15, 0.2) is 6.10 Å². The van der Waals surface area contributed by atoms with E-state index in [4.69, 9.17) is 14.0 Å². The Kier molecular flexibility index (Phi) is 5.06. The molecule has 27 heavy (non-hydrogen) atoms. The lowest BCUT2D eigenvalue weighted by molar-refractivity contribution is -0.0548. The quantitative estimate of drug-likeness (QED) is 0.431. The van der Waals surface area contributed by atoms with Crippen molar-refractivity contribution in [2.24, 2.45) is 0 Å². The number of fused-ring (bicyclic) bond motifs is 1. The Bertz CT molecular complexity index is 970. The van der Waals surface area contributed by atoms with E-state index in [-0.39, 0.29) is 11.7 Å². The number of esters is 1. The van der Waals surface area contributed by atoms with Crippen LogP contribution in [0.1, 0.15) is 17.3 Å². The highest BCUT2D eigenvalue weighted by molar-refractivity contribution is 7.86. The van der Waals surface area contributed by atoms with Gasteiger partial charge in [0, 0.05) is 5.39 Å². The Balaban J connectivity index is 1.87. The van der Waals surface area contributed by atoms with Crippen LogP contribution in [-0.2, 0) is 19.6 Å². The SMILES string of the molecule is CC(OC(=O)c1cccc2c(OCC3CO3)cccc12)C(F)(F)S(=O)(=O)O. The third kappa shape index (κ3) is 4.02. The molecule has 0 bridgehead atoms. The first-order valence-corrected chi connectivity index (χ1v) is 9.37. The van der Waals surface area contributed by atoms with Gasteiger partial charge >= 0.3 is 21.3 Å². The van der Waals surface area contributed by atoms with Crippen LogP contribution in [0.2, 0.25) is 0 Å². The third-order valence-electron chi connectivity index (χ3n) is 4.03. The molecule has 1 aliphatic heterocycles. The molecule has 2 aromatic rings. The fourth-order valence-electron chi connectivity index (χ4n) is 2.43. The zero-order valence-electron chi connectivity index (χ0n) is 14.1. The van der Waals surface area contributed by atoms with E-state index >= 15 is 0 Å². The minimum Gasteiger partial charge on any atom is -0.490 e. The highest BCUT2D eigenvalue weighted by Gasteiger charge is 2.52. The lowest BCUT2D eigenvalue weighted by Crippen LogP contribution is -2.42. The summed E-state index contributed by atoms with van der Waals surface area (Å²) in [5, 5.41) is -3.69. The number of carbonyl (C=O) groups is 1. The lowest BCUT2D eigenvalue weighted by Gasteiger charge is -2.21. The molecule has 0 aliphatic carbocycles. The molecule has 0 radical (unpaired) electrons. The van der Waals surface area contributed by atoms with Crippen LogP contribution in [0.25, 0.3) is 10.8 Å². The van der Waals surface area contributed by atoms with Gasteiger partial charge in [0.2, 0.25) is 0 Å². The summed E-state index contributed by atoms with van der Waals surface area (Å²) in [4.78, 5) is 12.3. The van der Waals surface area contributed by atoms with Gasteiger partial charge < -0.3 is 14.2 Å². The molecule has 0 spiro atoms. The Morgan fingerprint density at radius 3 is 2.56 bits per heavy atom. The lowest BCUT2D eigenvalue weighted by atomic mass is 10.0.